The summed E-state index contributed by atoms with van der Waals surface area (Å²) in [7, 11) is -3.28. The summed E-state index contributed by atoms with van der Waals surface area (Å²) in [6.45, 7) is -0.721. The van der Waals surface area contributed by atoms with Gasteiger partial charge in [0.05, 0.1) is 13.8 Å². The minimum atomic E-state index is -4.68. The lowest BCUT2D eigenvalue weighted by molar-refractivity contribution is -0.217. The van der Waals surface area contributed by atoms with Gasteiger partial charge in [-0.3, -0.25) is 8.57 Å². The molecule has 0 aromatic carbocycles. The van der Waals surface area contributed by atoms with Crippen LogP contribution in [0.2, 0.25) is 0 Å². The fraction of sp³-hybridized carbons (Fsp3) is 1.00. The van der Waals surface area contributed by atoms with E-state index >= 15 is 0 Å². The molecular weight excluding hydrogens is 268 g/mol. The maximum Gasteiger partial charge on any atom is 0.414 e. The molecule has 0 aromatic heterocycles. The lowest BCUT2D eigenvalue weighted by Gasteiger charge is -2.20. The topological polar surface area (TPSA) is 52.6 Å². The zero-order valence-electron chi connectivity index (χ0n) is 9.17. The second-order valence-electron chi connectivity index (χ2n) is 3.22. The summed E-state index contributed by atoms with van der Waals surface area (Å²) in [5.41, 5.74) is 0. The predicted molar refractivity (Wildman–Crippen MR) is 51.5 cm³/mol. The molecule has 1 atom stereocenters. The van der Waals surface area contributed by atoms with Crippen molar-refractivity contribution in [3.05, 3.63) is 0 Å². The van der Waals surface area contributed by atoms with Gasteiger partial charge in [0.1, 0.15) is 0 Å². The van der Waals surface area contributed by atoms with Gasteiger partial charge in [0, 0.05) is 0 Å². The third-order valence-corrected chi connectivity index (χ3v) is 2.82. The summed E-state index contributed by atoms with van der Waals surface area (Å²) in [6.07, 6.45) is -7.44. The first-order valence-corrected chi connectivity index (χ1v) is 6.33. The van der Waals surface area contributed by atoms with E-state index in [1.54, 1.807) is 0 Å². The molecule has 104 valence electrons. The van der Waals surface area contributed by atoms with Gasteiger partial charge in [0.2, 0.25) is 0 Å². The van der Waals surface area contributed by atoms with Gasteiger partial charge in [-0.05, 0) is 19.3 Å². The largest absolute Gasteiger partial charge is 0.414 e. The van der Waals surface area contributed by atoms with Gasteiger partial charge in [-0.25, -0.2) is 0 Å². The van der Waals surface area contributed by atoms with Crippen molar-refractivity contribution >= 4 is 10.1 Å². The van der Waals surface area contributed by atoms with E-state index in [0.29, 0.717) is 0 Å². The molecule has 0 saturated carbocycles. The summed E-state index contributed by atoms with van der Waals surface area (Å²) in [5.74, 6) is -1.18. The highest BCUT2D eigenvalue weighted by atomic mass is 32.2. The van der Waals surface area contributed by atoms with Gasteiger partial charge < -0.3 is 4.74 Å². The van der Waals surface area contributed by atoms with Gasteiger partial charge >= 0.3 is 6.18 Å². The van der Waals surface area contributed by atoms with E-state index in [0.717, 1.165) is 7.11 Å². The summed E-state index contributed by atoms with van der Waals surface area (Å²) < 4.78 is 78.6. The molecule has 4 nitrogen and oxygen atoms in total. The first-order valence-electron chi connectivity index (χ1n) is 4.75. The zero-order valence-corrected chi connectivity index (χ0v) is 9.98. The van der Waals surface area contributed by atoms with Crippen LogP contribution in [0.1, 0.15) is 19.3 Å². The number of hydrogen-bond acceptors (Lipinski definition) is 4. The number of ether oxygens (including phenoxy) is 1. The second-order valence-corrected chi connectivity index (χ2v) is 4.91. The highest BCUT2D eigenvalue weighted by molar-refractivity contribution is 7.86. The SMILES string of the molecule is COS(=O)(=O)COC(CCCCF)C(F)(F)F. The van der Waals surface area contributed by atoms with Crippen LogP contribution in [0.3, 0.4) is 0 Å². The first-order chi connectivity index (χ1) is 7.73. The number of hydrogen-bond donors (Lipinski definition) is 0. The second kappa shape index (κ2) is 7.12. The molecule has 0 fully saturated rings. The molecule has 0 bridgehead atoms. The normalized spacial score (nSPS) is 14.9. The van der Waals surface area contributed by atoms with E-state index in [-0.39, 0.29) is 12.8 Å². The van der Waals surface area contributed by atoms with E-state index in [1.807, 2.05) is 0 Å². The first kappa shape index (κ1) is 16.6. The molecule has 0 radical (unpaired) electrons. The molecule has 0 amide bonds. The van der Waals surface area contributed by atoms with E-state index in [9.17, 15) is 26.0 Å². The Morgan fingerprint density at radius 1 is 1.24 bits per heavy atom. The predicted octanol–water partition coefficient (Wildman–Crippen LogP) is 2.01. The van der Waals surface area contributed by atoms with Gasteiger partial charge in [-0.15, -0.1) is 0 Å². The van der Waals surface area contributed by atoms with Crippen molar-refractivity contribution in [1.82, 2.24) is 0 Å². The maximum absolute atomic E-state index is 12.4. The van der Waals surface area contributed by atoms with E-state index < -0.39 is 41.4 Å². The summed E-state index contributed by atoms with van der Waals surface area (Å²) >= 11 is 0. The quantitative estimate of drug-likeness (QED) is 0.388. The van der Waals surface area contributed by atoms with Gasteiger partial charge in [-0.1, -0.05) is 0 Å². The van der Waals surface area contributed by atoms with Gasteiger partial charge in [0.15, 0.2) is 12.0 Å². The molecule has 0 heterocycles. The van der Waals surface area contributed by atoms with Crippen LogP contribution in [0.5, 0.6) is 0 Å². The fourth-order valence-electron chi connectivity index (χ4n) is 0.979. The Hall–Kier alpha value is -0.410. The van der Waals surface area contributed by atoms with Crippen LogP contribution in [0.4, 0.5) is 17.6 Å². The van der Waals surface area contributed by atoms with E-state index in [1.165, 1.54) is 0 Å². The third-order valence-electron chi connectivity index (χ3n) is 1.88. The van der Waals surface area contributed by atoms with Gasteiger partial charge in [0.25, 0.3) is 10.1 Å². The Kier molecular flexibility index (Phi) is 6.95. The fourth-order valence-corrected chi connectivity index (χ4v) is 1.41. The third kappa shape index (κ3) is 7.50. The molecule has 0 spiro atoms. The molecule has 0 aliphatic carbocycles. The monoisotopic (exact) mass is 282 g/mol. The Morgan fingerprint density at radius 2 is 1.82 bits per heavy atom. The number of unbranched alkanes of at least 4 members (excludes halogenated alkanes) is 1. The number of halogens is 4. The Bertz CT molecular complexity index is 301. The van der Waals surface area contributed by atoms with Crippen LogP contribution >= 0.6 is 0 Å². The van der Waals surface area contributed by atoms with Crippen molar-refractivity contribution in [2.75, 3.05) is 19.7 Å². The molecule has 9 heteroatoms. The average molecular weight is 282 g/mol. The van der Waals surface area contributed by atoms with Crippen LogP contribution in [0.25, 0.3) is 0 Å². The average Bonchev–Trinajstić information content (AvgIpc) is 2.21. The van der Waals surface area contributed by atoms with Crippen LogP contribution in [-0.2, 0) is 19.0 Å². The molecule has 1 unspecified atom stereocenters. The highest BCUT2D eigenvalue weighted by Gasteiger charge is 2.40. The lowest BCUT2D eigenvalue weighted by Crippen LogP contribution is -2.33. The molecule has 0 aromatic rings. The highest BCUT2D eigenvalue weighted by Crippen LogP contribution is 2.27. The molecule has 0 N–H and O–H groups in total. The lowest BCUT2D eigenvalue weighted by atomic mass is 10.1. The molecule has 0 rings (SSSR count). The Labute approximate surface area is 97.0 Å². The molecule has 0 aliphatic rings. The zero-order chi connectivity index (χ0) is 13.5. The van der Waals surface area contributed by atoms with Crippen molar-refractivity contribution in [2.45, 2.75) is 31.5 Å². The van der Waals surface area contributed by atoms with Crippen molar-refractivity contribution in [3.8, 4) is 0 Å². The van der Waals surface area contributed by atoms with E-state index in [4.69, 9.17) is 0 Å². The van der Waals surface area contributed by atoms with E-state index in [2.05, 4.69) is 8.92 Å². The van der Waals surface area contributed by atoms with Crippen molar-refractivity contribution in [3.63, 3.8) is 0 Å². The standard InChI is InChI=1S/C8H14F4O4S/c1-15-17(13,14)6-16-7(8(10,11)12)4-2-3-5-9/h7H,2-6H2,1H3. The van der Waals surface area contributed by atoms with Crippen molar-refractivity contribution in [2.24, 2.45) is 0 Å². The molecule has 0 saturated heterocycles. The van der Waals surface area contributed by atoms with Crippen LogP contribution in [0.15, 0.2) is 0 Å². The Balaban J connectivity index is 4.31. The molecular formula is C8H14F4O4S. The van der Waals surface area contributed by atoms with Crippen LogP contribution < -0.4 is 0 Å². The summed E-state index contributed by atoms with van der Waals surface area (Å²) in [6, 6.07) is 0. The van der Waals surface area contributed by atoms with Crippen LogP contribution in [-0.4, -0.2) is 40.4 Å². The smallest absolute Gasteiger partial charge is 0.350 e. The van der Waals surface area contributed by atoms with Gasteiger partial charge in [-0.2, -0.15) is 21.6 Å². The number of rotatable bonds is 8. The minimum absolute atomic E-state index is 0.0209. The van der Waals surface area contributed by atoms with Crippen molar-refractivity contribution in [1.29, 1.82) is 0 Å². The molecule has 0 aliphatic heterocycles. The Morgan fingerprint density at radius 3 is 2.24 bits per heavy atom. The number of alkyl halides is 4. The summed E-state index contributed by atoms with van der Waals surface area (Å²) in [4.78, 5) is 0. The van der Waals surface area contributed by atoms with Crippen molar-refractivity contribution < 1.29 is 34.9 Å². The van der Waals surface area contributed by atoms with Crippen LogP contribution in [0, 0.1) is 0 Å². The molecule has 17 heavy (non-hydrogen) atoms. The maximum atomic E-state index is 12.4. The summed E-state index contributed by atoms with van der Waals surface area (Å²) in [5, 5.41) is 0. The minimum Gasteiger partial charge on any atom is -0.350 e.